The van der Waals surface area contributed by atoms with Crippen LogP contribution in [-0.4, -0.2) is 39.5 Å². The predicted octanol–water partition coefficient (Wildman–Crippen LogP) is 1.17. The molecule has 8 heteroatoms. The molecular formula is C12H19F2N3O2S. The molecule has 0 aliphatic rings. The van der Waals surface area contributed by atoms with Gasteiger partial charge in [-0.15, -0.1) is 0 Å². The Morgan fingerprint density at radius 3 is 2.35 bits per heavy atom. The van der Waals surface area contributed by atoms with Crippen molar-refractivity contribution in [3.63, 3.8) is 0 Å². The van der Waals surface area contributed by atoms with Crippen molar-refractivity contribution < 1.29 is 17.2 Å². The fourth-order valence-electron chi connectivity index (χ4n) is 1.71. The zero-order valence-corrected chi connectivity index (χ0v) is 12.3. The van der Waals surface area contributed by atoms with E-state index < -0.39 is 32.2 Å². The highest BCUT2D eigenvalue weighted by molar-refractivity contribution is 7.89. The highest BCUT2D eigenvalue weighted by Crippen LogP contribution is 2.20. The van der Waals surface area contributed by atoms with E-state index in [-0.39, 0.29) is 6.54 Å². The van der Waals surface area contributed by atoms with Crippen LogP contribution in [0.4, 0.5) is 14.5 Å². The van der Waals surface area contributed by atoms with E-state index in [1.807, 2.05) is 18.7 Å². The van der Waals surface area contributed by atoms with Crippen molar-refractivity contribution in [2.75, 3.05) is 31.9 Å². The fraction of sp³-hybridized carbons (Fsp3) is 0.500. The van der Waals surface area contributed by atoms with Gasteiger partial charge in [0.2, 0.25) is 10.0 Å². The molecule has 114 valence electrons. The Bertz CT molecular complexity index is 560. The van der Waals surface area contributed by atoms with Gasteiger partial charge in [0.05, 0.1) is 5.69 Å². The van der Waals surface area contributed by atoms with Crippen LogP contribution in [0.3, 0.4) is 0 Å². The molecule has 0 heterocycles. The first kappa shape index (κ1) is 16.8. The molecule has 0 aliphatic carbocycles. The van der Waals surface area contributed by atoms with E-state index in [0.29, 0.717) is 12.6 Å². The first-order chi connectivity index (χ1) is 9.31. The summed E-state index contributed by atoms with van der Waals surface area (Å²) in [5, 5.41) is 0. The molecule has 0 atom stereocenters. The van der Waals surface area contributed by atoms with E-state index in [2.05, 4.69) is 4.72 Å². The Hall–Kier alpha value is -1.25. The van der Waals surface area contributed by atoms with Crippen LogP contribution in [0, 0.1) is 11.6 Å². The summed E-state index contributed by atoms with van der Waals surface area (Å²) in [4.78, 5) is 1.37. The number of nitrogens with two attached hydrogens (primary N) is 1. The molecule has 0 saturated carbocycles. The number of rotatable bonds is 7. The van der Waals surface area contributed by atoms with Crippen LogP contribution in [0.2, 0.25) is 0 Å². The van der Waals surface area contributed by atoms with Gasteiger partial charge < -0.3 is 10.6 Å². The average molecular weight is 307 g/mol. The molecule has 0 aliphatic heterocycles. The van der Waals surface area contributed by atoms with Gasteiger partial charge in [-0.3, -0.25) is 0 Å². The molecule has 0 fully saturated rings. The molecule has 1 aromatic rings. The van der Waals surface area contributed by atoms with Crippen LogP contribution in [0.15, 0.2) is 17.0 Å². The number of sulfonamides is 1. The van der Waals surface area contributed by atoms with Gasteiger partial charge in [0.25, 0.3) is 0 Å². The summed E-state index contributed by atoms with van der Waals surface area (Å²) in [7, 11) is -4.04. The topological polar surface area (TPSA) is 75.4 Å². The molecule has 3 N–H and O–H groups in total. The second-order valence-corrected chi connectivity index (χ2v) is 5.96. The van der Waals surface area contributed by atoms with Gasteiger partial charge in [-0.2, -0.15) is 0 Å². The summed E-state index contributed by atoms with van der Waals surface area (Å²) in [5.74, 6) is -2.14. The Morgan fingerprint density at radius 2 is 1.80 bits per heavy atom. The van der Waals surface area contributed by atoms with Crippen LogP contribution >= 0.6 is 0 Å². The lowest BCUT2D eigenvalue weighted by Gasteiger charge is -2.18. The lowest BCUT2D eigenvalue weighted by molar-refractivity contribution is 0.309. The van der Waals surface area contributed by atoms with E-state index >= 15 is 0 Å². The van der Waals surface area contributed by atoms with E-state index in [9.17, 15) is 17.2 Å². The van der Waals surface area contributed by atoms with E-state index in [1.165, 1.54) is 0 Å². The SMILES string of the molecule is CCN(CC)CCNS(=O)(=O)c1cc(N)c(F)cc1F. The number of nitrogens with zero attached hydrogens (tertiary/aromatic N) is 1. The van der Waals surface area contributed by atoms with Crippen molar-refractivity contribution in [3.05, 3.63) is 23.8 Å². The number of nitrogens with one attached hydrogen (secondary N) is 1. The molecule has 0 unspecified atom stereocenters. The van der Waals surface area contributed by atoms with Crippen molar-refractivity contribution in [2.45, 2.75) is 18.7 Å². The maximum atomic E-state index is 13.5. The number of hydrogen-bond donors (Lipinski definition) is 2. The Balaban J connectivity index is 2.82. The van der Waals surface area contributed by atoms with E-state index in [1.54, 1.807) is 0 Å². The number of hydrogen-bond acceptors (Lipinski definition) is 4. The number of nitrogen functional groups attached to an aromatic ring is 1. The van der Waals surface area contributed by atoms with Crippen molar-refractivity contribution in [3.8, 4) is 0 Å². The van der Waals surface area contributed by atoms with Crippen molar-refractivity contribution in [1.29, 1.82) is 0 Å². The highest BCUT2D eigenvalue weighted by Gasteiger charge is 2.21. The standard InChI is InChI=1S/C12H19F2N3O2S/c1-3-17(4-2)6-5-16-20(18,19)12-8-11(15)9(13)7-10(12)14/h7-8,16H,3-6,15H2,1-2H3. The monoisotopic (exact) mass is 307 g/mol. The van der Waals surface area contributed by atoms with Gasteiger partial charge in [-0.25, -0.2) is 21.9 Å². The summed E-state index contributed by atoms with van der Waals surface area (Å²) in [6.07, 6.45) is 0. The largest absolute Gasteiger partial charge is 0.396 e. The van der Waals surface area contributed by atoms with Crippen LogP contribution in [0.25, 0.3) is 0 Å². The van der Waals surface area contributed by atoms with Gasteiger partial charge >= 0.3 is 0 Å². The number of anilines is 1. The molecule has 1 rings (SSSR count). The lowest BCUT2D eigenvalue weighted by Crippen LogP contribution is -2.35. The van der Waals surface area contributed by atoms with Gasteiger partial charge in [-0.1, -0.05) is 13.8 Å². The number of benzene rings is 1. The molecule has 0 aromatic heterocycles. The Kier molecular flexibility index (Phi) is 5.85. The van der Waals surface area contributed by atoms with Crippen molar-refractivity contribution in [2.24, 2.45) is 0 Å². The summed E-state index contributed by atoms with van der Waals surface area (Å²) in [6, 6.07) is 1.25. The molecule has 0 radical (unpaired) electrons. The molecular weight excluding hydrogens is 288 g/mol. The van der Waals surface area contributed by atoms with Gasteiger partial charge in [0, 0.05) is 19.2 Å². The minimum Gasteiger partial charge on any atom is -0.396 e. The van der Waals surface area contributed by atoms with E-state index in [4.69, 9.17) is 5.73 Å². The number of halogens is 2. The van der Waals surface area contributed by atoms with Crippen LogP contribution < -0.4 is 10.5 Å². The third-order valence-corrected chi connectivity index (χ3v) is 4.43. The maximum absolute atomic E-state index is 13.5. The molecule has 0 spiro atoms. The smallest absolute Gasteiger partial charge is 0.243 e. The second-order valence-electron chi connectivity index (χ2n) is 4.23. The lowest BCUT2D eigenvalue weighted by atomic mass is 10.3. The van der Waals surface area contributed by atoms with Crippen LogP contribution in [-0.2, 0) is 10.0 Å². The van der Waals surface area contributed by atoms with Crippen LogP contribution in [0.5, 0.6) is 0 Å². The first-order valence-corrected chi connectivity index (χ1v) is 7.76. The fourth-order valence-corrected chi connectivity index (χ4v) is 2.82. The summed E-state index contributed by atoms with van der Waals surface area (Å²) in [5.41, 5.74) is 4.86. The Morgan fingerprint density at radius 1 is 1.20 bits per heavy atom. The minimum absolute atomic E-state index is 0.140. The Labute approximate surface area is 117 Å². The molecule has 20 heavy (non-hydrogen) atoms. The summed E-state index contributed by atoms with van der Waals surface area (Å²) in [6.45, 7) is 6.13. The van der Waals surface area contributed by atoms with Crippen molar-refractivity contribution >= 4 is 15.7 Å². The molecule has 1 aromatic carbocycles. The molecule has 5 nitrogen and oxygen atoms in total. The van der Waals surface area contributed by atoms with Gasteiger partial charge in [-0.05, 0) is 19.2 Å². The summed E-state index contributed by atoms with van der Waals surface area (Å²) >= 11 is 0. The third-order valence-electron chi connectivity index (χ3n) is 2.96. The predicted molar refractivity (Wildman–Crippen MR) is 73.7 cm³/mol. The molecule has 0 saturated heterocycles. The quantitative estimate of drug-likeness (QED) is 0.742. The molecule has 0 amide bonds. The second kappa shape index (κ2) is 6.96. The van der Waals surface area contributed by atoms with Crippen molar-refractivity contribution in [1.82, 2.24) is 9.62 Å². The number of likely N-dealkylation sites (N-methyl/N-ethyl adjacent to an activating group) is 1. The van der Waals surface area contributed by atoms with Gasteiger partial charge in [0.15, 0.2) is 0 Å². The molecule has 0 bridgehead atoms. The van der Waals surface area contributed by atoms with Gasteiger partial charge in [0.1, 0.15) is 16.5 Å². The van der Waals surface area contributed by atoms with E-state index in [0.717, 1.165) is 19.2 Å². The zero-order chi connectivity index (χ0) is 15.3. The third kappa shape index (κ3) is 4.12. The minimum atomic E-state index is -4.04. The normalized spacial score (nSPS) is 12.1. The average Bonchev–Trinajstić information content (AvgIpc) is 2.38. The zero-order valence-electron chi connectivity index (χ0n) is 11.5. The highest BCUT2D eigenvalue weighted by atomic mass is 32.2. The van der Waals surface area contributed by atoms with Crippen LogP contribution in [0.1, 0.15) is 13.8 Å². The summed E-state index contributed by atoms with van der Waals surface area (Å²) < 4.78 is 52.7. The maximum Gasteiger partial charge on any atom is 0.243 e. The first-order valence-electron chi connectivity index (χ1n) is 6.28.